The summed E-state index contributed by atoms with van der Waals surface area (Å²) in [5, 5.41) is 16.9. The van der Waals surface area contributed by atoms with Gasteiger partial charge in [-0.1, -0.05) is 12.1 Å². The van der Waals surface area contributed by atoms with Gasteiger partial charge in [0.15, 0.2) is 0 Å². The fourth-order valence-corrected chi connectivity index (χ4v) is 2.36. The van der Waals surface area contributed by atoms with Gasteiger partial charge >= 0.3 is 0 Å². The van der Waals surface area contributed by atoms with E-state index in [9.17, 15) is 14.9 Å². The molecule has 21 heavy (non-hydrogen) atoms. The second kappa shape index (κ2) is 5.24. The van der Waals surface area contributed by atoms with Gasteiger partial charge in [-0.25, -0.2) is 0 Å². The lowest BCUT2D eigenvalue weighted by atomic mass is 10.0. The summed E-state index contributed by atoms with van der Waals surface area (Å²) in [5.41, 5.74) is 3.07. The molecule has 106 valence electrons. The highest BCUT2D eigenvalue weighted by molar-refractivity contribution is 5.94. The second-order valence-corrected chi connectivity index (χ2v) is 4.82. The summed E-state index contributed by atoms with van der Waals surface area (Å²) >= 11 is 0. The summed E-state index contributed by atoms with van der Waals surface area (Å²) < 4.78 is 0. The normalized spacial score (nSPS) is 13.2. The second-order valence-electron chi connectivity index (χ2n) is 4.82. The molecule has 0 aromatic heterocycles. The molecule has 2 N–H and O–H groups in total. The van der Waals surface area contributed by atoms with Gasteiger partial charge in [0.2, 0.25) is 5.91 Å². The zero-order chi connectivity index (χ0) is 14.8. The fraction of sp³-hybridized carbons (Fsp3) is 0.133. The number of benzene rings is 2. The first-order chi connectivity index (χ1) is 10.1. The molecular formula is C15H13N3O3. The Morgan fingerprint density at radius 2 is 1.95 bits per heavy atom. The van der Waals surface area contributed by atoms with Gasteiger partial charge in [-0.15, -0.1) is 0 Å². The van der Waals surface area contributed by atoms with E-state index < -0.39 is 4.92 Å². The van der Waals surface area contributed by atoms with Crippen LogP contribution in [0.25, 0.3) is 0 Å². The number of rotatable bonds is 3. The third-order valence-electron chi connectivity index (χ3n) is 3.38. The van der Waals surface area contributed by atoms with Crippen molar-refractivity contribution < 1.29 is 9.72 Å². The molecular weight excluding hydrogens is 270 g/mol. The third kappa shape index (κ3) is 2.69. The number of nitro benzene ring substituents is 1. The lowest BCUT2D eigenvalue weighted by molar-refractivity contribution is -0.383. The van der Waals surface area contributed by atoms with Crippen LogP contribution in [0.2, 0.25) is 0 Å². The Morgan fingerprint density at radius 1 is 1.14 bits per heavy atom. The highest BCUT2D eigenvalue weighted by Crippen LogP contribution is 2.30. The first kappa shape index (κ1) is 13.1. The highest BCUT2D eigenvalue weighted by Gasteiger charge is 2.16. The van der Waals surface area contributed by atoms with Crippen molar-refractivity contribution in [2.75, 3.05) is 10.6 Å². The van der Waals surface area contributed by atoms with Crippen LogP contribution in [0.1, 0.15) is 12.0 Å². The maximum Gasteiger partial charge on any atom is 0.292 e. The van der Waals surface area contributed by atoms with Crippen molar-refractivity contribution in [1.82, 2.24) is 0 Å². The smallest absolute Gasteiger partial charge is 0.292 e. The molecule has 0 saturated heterocycles. The van der Waals surface area contributed by atoms with E-state index in [-0.39, 0.29) is 11.6 Å². The molecule has 0 atom stereocenters. The number of hydrogen-bond donors (Lipinski definition) is 2. The molecule has 0 saturated carbocycles. The van der Waals surface area contributed by atoms with Crippen molar-refractivity contribution in [3.05, 3.63) is 58.1 Å². The van der Waals surface area contributed by atoms with Crippen molar-refractivity contribution in [2.45, 2.75) is 12.8 Å². The Labute approximate surface area is 120 Å². The van der Waals surface area contributed by atoms with Crippen LogP contribution in [0.3, 0.4) is 0 Å². The van der Waals surface area contributed by atoms with Gasteiger partial charge in [0.05, 0.1) is 4.92 Å². The van der Waals surface area contributed by atoms with E-state index in [1.165, 1.54) is 6.07 Å². The predicted molar refractivity (Wildman–Crippen MR) is 79.8 cm³/mol. The lowest BCUT2D eigenvalue weighted by Crippen LogP contribution is -2.18. The summed E-state index contributed by atoms with van der Waals surface area (Å²) in [6.07, 6.45) is 1.13. The molecule has 0 fully saturated rings. The Morgan fingerprint density at radius 3 is 2.76 bits per heavy atom. The summed E-state index contributed by atoms with van der Waals surface area (Å²) in [6, 6.07) is 12.0. The van der Waals surface area contributed by atoms with Gasteiger partial charge in [-0.05, 0) is 36.2 Å². The molecule has 1 aliphatic heterocycles. The van der Waals surface area contributed by atoms with Gasteiger partial charge in [0.1, 0.15) is 5.69 Å². The standard InChI is InChI=1S/C15H13N3O3/c19-15-8-5-10-9-11(6-7-12(10)17-15)16-13-3-1-2-4-14(13)18(20)21/h1-4,6-7,9,16H,5,8H2,(H,17,19). The number of nitrogens with zero attached hydrogens (tertiary/aromatic N) is 1. The zero-order valence-electron chi connectivity index (χ0n) is 11.1. The minimum absolute atomic E-state index is 0.0157. The quantitative estimate of drug-likeness (QED) is 0.669. The molecule has 3 rings (SSSR count). The Bertz CT molecular complexity index is 728. The number of nitro groups is 1. The Balaban J connectivity index is 1.89. The van der Waals surface area contributed by atoms with E-state index in [4.69, 9.17) is 0 Å². The zero-order valence-corrected chi connectivity index (χ0v) is 11.1. The number of carbonyl (C=O) groups is 1. The SMILES string of the molecule is O=C1CCc2cc(Nc3ccccc3[N+](=O)[O-])ccc2N1. The Kier molecular flexibility index (Phi) is 3.27. The van der Waals surface area contributed by atoms with Crippen LogP contribution in [0.5, 0.6) is 0 Å². The Hall–Kier alpha value is -2.89. The first-order valence-corrected chi connectivity index (χ1v) is 6.57. The minimum Gasteiger partial charge on any atom is -0.350 e. The summed E-state index contributed by atoms with van der Waals surface area (Å²) in [6.45, 7) is 0. The van der Waals surface area contributed by atoms with Crippen LogP contribution in [-0.2, 0) is 11.2 Å². The van der Waals surface area contributed by atoms with E-state index >= 15 is 0 Å². The van der Waals surface area contributed by atoms with Crippen molar-refractivity contribution in [1.29, 1.82) is 0 Å². The van der Waals surface area contributed by atoms with Crippen LogP contribution < -0.4 is 10.6 Å². The summed E-state index contributed by atoms with van der Waals surface area (Å²) in [7, 11) is 0. The van der Waals surface area contributed by atoms with Gasteiger partial charge in [-0.2, -0.15) is 0 Å². The summed E-state index contributed by atoms with van der Waals surface area (Å²) in [5.74, 6) is 0.0157. The van der Waals surface area contributed by atoms with Crippen molar-refractivity contribution in [3.63, 3.8) is 0 Å². The van der Waals surface area contributed by atoms with Crippen molar-refractivity contribution in [3.8, 4) is 0 Å². The van der Waals surface area contributed by atoms with Gasteiger partial charge in [-0.3, -0.25) is 14.9 Å². The maximum atomic E-state index is 11.3. The molecule has 2 aromatic rings. The van der Waals surface area contributed by atoms with Gasteiger partial charge in [0, 0.05) is 23.9 Å². The number of carbonyl (C=O) groups excluding carboxylic acids is 1. The van der Waals surface area contributed by atoms with Crippen LogP contribution in [0.15, 0.2) is 42.5 Å². The first-order valence-electron chi connectivity index (χ1n) is 6.57. The molecule has 0 spiro atoms. The maximum absolute atomic E-state index is 11.3. The van der Waals surface area contributed by atoms with Crippen LogP contribution >= 0.6 is 0 Å². The number of nitrogens with one attached hydrogen (secondary N) is 2. The largest absolute Gasteiger partial charge is 0.350 e. The highest BCUT2D eigenvalue weighted by atomic mass is 16.6. The van der Waals surface area contributed by atoms with E-state index in [2.05, 4.69) is 10.6 Å². The van der Waals surface area contributed by atoms with E-state index in [1.807, 2.05) is 12.1 Å². The lowest BCUT2D eigenvalue weighted by Gasteiger charge is -2.18. The molecule has 0 aliphatic carbocycles. The van der Waals surface area contributed by atoms with Crippen LogP contribution in [0, 0.1) is 10.1 Å². The predicted octanol–water partition coefficient (Wildman–Crippen LogP) is 3.22. The molecule has 0 unspecified atom stereocenters. The summed E-state index contributed by atoms with van der Waals surface area (Å²) in [4.78, 5) is 21.9. The fourth-order valence-electron chi connectivity index (χ4n) is 2.36. The number of hydrogen-bond acceptors (Lipinski definition) is 4. The number of para-hydroxylation sites is 2. The van der Waals surface area contributed by atoms with Gasteiger partial charge in [0.25, 0.3) is 5.69 Å². The number of aryl methyl sites for hydroxylation is 1. The van der Waals surface area contributed by atoms with E-state index in [0.29, 0.717) is 18.5 Å². The number of amides is 1. The van der Waals surface area contributed by atoms with E-state index in [0.717, 1.165) is 16.9 Å². The van der Waals surface area contributed by atoms with Crippen LogP contribution in [0.4, 0.5) is 22.7 Å². The number of anilines is 3. The van der Waals surface area contributed by atoms with Crippen molar-refractivity contribution >= 4 is 28.7 Å². The van der Waals surface area contributed by atoms with Crippen LogP contribution in [-0.4, -0.2) is 10.8 Å². The van der Waals surface area contributed by atoms with E-state index in [1.54, 1.807) is 24.3 Å². The molecule has 2 aromatic carbocycles. The average Bonchev–Trinajstić information content (AvgIpc) is 2.48. The molecule has 1 heterocycles. The monoisotopic (exact) mass is 283 g/mol. The molecule has 1 amide bonds. The molecule has 1 aliphatic rings. The molecule has 0 bridgehead atoms. The molecule has 6 heteroatoms. The average molecular weight is 283 g/mol. The number of fused-ring (bicyclic) bond motifs is 1. The topological polar surface area (TPSA) is 84.3 Å². The third-order valence-corrected chi connectivity index (χ3v) is 3.38. The van der Waals surface area contributed by atoms with Gasteiger partial charge < -0.3 is 10.6 Å². The minimum atomic E-state index is -0.416. The molecule has 6 nitrogen and oxygen atoms in total. The molecule has 0 radical (unpaired) electrons. The van der Waals surface area contributed by atoms with Crippen molar-refractivity contribution in [2.24, 2.45) is 0 Å².